The van der Waals surface area contributed by atoms with Crippen LogP contribution in [0.15, 0.2) is 24.3 Å². The zero-order valence-corrected chi connectivity index (χ0v) is 8.59. The van der Waals surface area contributed by atoms with Crippen LogP contribution in [-0.4, -0.2) is 11.7 Å². The van der Waals surface area contributed by atoms with Crippen LogP contribution in [0.4, 0.5) is 0 Å². The maximum absolute atomic E-state index is 8.97. The summed E-state index contributed by atoms with van der Waals surface area (Å²) < 4.78 is 0. The molecule has 2 rings (SSSR count). The van der Waals surface area contributed by atoms with Crippen molar-refractivity contribution in [1.82, 2.24) is 0 Å². The number of aliphatic hydroxyl groups is 1. The van der Waals surface area contributed by atoms with Gasteiger partial charge in [-0.1, -0.05) is 29.8 Å². The van der Waals surface area contributed by atoms with Gasteiger partial charge < -0.3 is 5.11 Å². The van der Waals surface area contributed by atoms with Gasteiger partial charge in [0.05, 0.1) is 0 Å². The fourth-order valence-corrected chi connectivity index (χ4v) is 2.08. The Morgan fingerprint density at radius 3 is 3.00 bits per heavy atom. The molecule has 1 nitrogen and oxygen atoms in total. The Balaban J connectivity index is 2.40. The van der Waals surface area contributed by atoms with Crippen LogP contribution in [0.1, 0.15) is 29.5 Å². The summed E-state index contributed by atoms with van der Waals surface area (Å²) in [5, 5.41) is 8.97. The molecule has 1 aromatic rings. The van der Waals surface area contributed by atoms with Gasteiger partial charge in [-0.15, -0.1) is 0 Å². The molecule has 0 spiro atoms. The number of aryl methyl sites for hydroxylation is 2. The van der Waals surface area contributed by atoms with Gasteiger partial charge in [0.25, 0.3) is 0 Å². The Labute approximate surface area is 85.1 Å². The van der Waals surface area contributed by atoms with Gasteiger partial charge in [-0.05, 0) is 42.9 Å². The van der Waals surface area contributed by atoms with E-state index >= 15 is 0 Å². The molecule has 0 amide bonds. The molecule has 0 aliphatic heterocycles. The number of fused-ring (bicyclic) bond motifs is 1. The van der Waals surface area contributed by atoms with Crippen molar-refractivity contribution in [1.29, 1.82) is 0 Å². The van der Waals surface area contributed by atoms with Crippen LogP contribution < -0.4 is 0 Å². The number of benzene rings is 1. The van der Waals surface area contributed by atoms with E-state index in [4.69, 9.17) is 5.11 Å². The first-order chi connectivity index (χ1) is 6.81. The second kappa shape index (κ2) is 3.97. The number of allylic oxidation sites excluding steroid dienone is 1. The Kier molecular flexibility index (Phi) is 2.69. The van der Waals surface area contributed by atoms with Crippen molar-refractivity contribution in [3.63, 3.8) is 0 Å². The lowest BCUT2D eigenvalue weighted by atomic mass is 9.88. The Morgan fingerprint density at radius 1 is 1.36 bits per heavy atom. The lowest BCUT2D eigenvalue weighted by Gasteiger charge is -2.17. The average molecular weight is 188 g/mol. The van der Waals surface area contributed by atoms with Crippen molar-refractivity contribution in [2.24, 2.45) is 0 Å². The summed E-state index contributed by atoms with van der Waals surface area (Å²) in [7, 11) is 0. The fraction of sp³-hybridized carbons (Fsp3) is 0.385. The molecule has 0 atom stereocenters. The number of hydrogen-bond donors (Lipinski definition) is 1. The summed E-state index contributed by atoms with van der Waals surface area (Å²) in [6, 6.07) is 6.62. The van der Waals surface area contributed by atoms with E-state index in [9.17, 15) is 0 Å². The van der Waals surface area contributed by atoms with Gasteiger partial charge in [0, 0.05) is 6.61 Å². The van der Waals surface area contributed by atoms with E-state index in [1.165, 1.54) is 22.3 Å². The van der Waals surface area contributed by atoms with Crippen LogP contribution in [0.25, 0.3) is 5.57 Å². The number of rotatable bonds is 2. The molecule has 1 aromatic carbocycles. The first kappa shape index (κ1) is 9.47. The molecule has 1 aliphatic rings. The van der Waals surface area contributed by atoms with Crippen molar-refractivity contribution in [3.8, 4) is 0 Å². The molecule has 0 saturated heterocycles. The largest absolute Gasteiger partial charge is 0.396 e. The molecule has 1 heteroatoms. The highest BCUT2D eigenvalue weighted by atomic mass is 16.2. The zero-order chi connectivity index (χ0) is 9.97. The standard InChI is InChI=1S/C13H16O/c1-10-5-6-11-3-2-4-12(7-8-14)13(11)9-10/h4-6,9,14H,2-3,7-8H2,1H3. The van der Waals surface area contributed by atoms with E-state index in [1.54, 1.807) is 0 Å². The Bertz CT molecular complexity index is 363. The molecule has 0 saturated carbocycles. The van der Waals surface area contributed by atoms with Crippen molar-refractivity contribution in [3.05, 3.63) is 41.0 Å². The minimum Gasteiger partial charge on any atom is -0.396 e. The third-order valence-electron chi connectivity index (χ3n) is 2.80. The van der Waals surface area contributed by atoms with Crippen LogP contribution in [0.2, 0.25) is 0 Å². The van der Waals surface area contributed by atoms with E-state index in [0.29, 0.717) is 0 Å². The quantitative estimate of drug-likeness (QED) is 0.756. The molecule has 74 valence electrons. The summed E-state index contributed by atoms with van der Waals surface area (Å²) >= 11 is 0. The Morgan fingerprint density at radius 2 is 2.21 bits per heavy atom. The zero-order valence-electron chi connectivity index (χ0n) is 8.59. The second-order valence-electron chi connectivity index (χ2n) is 3.90. The van der Waals surface area contributed by atoms with Crippen LogP contribution >= 0.6 is 0 Å². The predicted octanol–water partition coefficient (Wildman–Crippen LogP) is 2.71. The topological polar surface area (TPSA) is 20.2 Å². The molecule has 0 aromatic heterocycles. The summed E-state index contributed by atoms with van der Waals surface area (Å²) in [4.78, 5) is 0. The summed E-state index contributed by atoms with van der Waals surface area (Å²) in [6.45, 7) is 2.37. The first-order valence-electron chi connectivity index (χ1n) is 5.21. The fourth-order valence-electron chi connectivity index (χ4n) is 2.08. The van der Waals surface area contributed by atoms with Crippen LogP contribution in [-0.2, 0) is 6.42 Å². The average Bonchev–Trinajstić information content (AvgIpc) is 2.19. The summed E-state index contributed by atoms with van der Waals surface area (Å²) in [5.41, 5.74) is 5.40. The van der Waals surface area contributed by atoms with Crippen LogP contribution in [0.3, 0.4) is 0 Å². The van der Waals surface area contributed by atoms with Gasteiger partial charge in [-0.3, -0.25) is 0 Å². The molecule has 0 radical (unpaired) electrons. The molecule has 1 N–H and O–H groups in total. The minimum absolute atomic E-state index is 0.249. The summed E-state index contributed by atoms with van der Waals surface area (Å²) in [5.74, 6) is 0. The third-order valence-corrected chi connectivity index (χ3v) is 2.80. The molecule has 0 bridgehead atoms. The van der Waals surface area contributed by atoms with Gasteiger partial charge in [-0.25, -0.2) is 0 Å². The van der Waals surface area contributed by atoms with E-state index in [0.717, 1.165) is 19.3 Å². The molecule has 0 heterocycles. The van der Waals surface area contributed by atoms with Gasteiger partial charge in [0.2, 0.25) is 0 Å². The second-order valence-corrected chi connectivity index (χ2v) is 3.90. The van der Waals surface area contributed by atoms with Crippen molar-refractivity contribution in [2.75, 3.05) is 6.61 Å². The molecule has 0 fully saturated rings. The van der Waals surface area contributed by atoms with E-state index < -0.39 is 0 Å². The number of aliphatic hydroxyl groups excluding tert-OH is 1. The predicted molar refractivity (Wildman–Crippen MR) is 59.2 cm³/mol. The van der Waals surface area contributed by atoms with E-state index in [1.807, 2.05) is 0 Å². The maximum Gasteiger partial charge on any atom is 0.0471 e. The van der Waals surface area contributed by atoms with Gasteiger partial charge in [-0.2, -0.15) is 0 Å². The number of hydrogen-bond acceptors (Lipinski definition) is 1. The van der Waals surface area contributed by atoms with Gasteiger partial charge >= 0.3 is 0 Å². The molecular formula is C13H16O. The maximum atomic E-state index is 8.97. The molecule has 14 heavy (non-hydrogen) atoms. The lowest BCUT2D eigenvalue weighted by molar-refractivity contribution is 0.305. The molecule has 1 aliphatic carbocycles. The molecular weight excluding hydrogens is 172 g/mol. The molecule has 0 unspecified atom stereocenters. The first-order valence-corrected chi connectivity index (χ1v) is 5.21. The van der Waals surface area contributed by atoms with Gasteiger partial charge in [0.15, 0.2) is 0 Å². The smallest absolute Gasteiger partial charge is 0.0471 e. The van der Waals surface area contributed by atoms with Crippen molar-refractivity contribution < 1.29 is 5.11 Å². The highest BCUT2D eigenvalue weighted by molar-refractivity contribution is 5.70. The van der Waals surface area contributed by atoms with Crippen LogP contribution in [0.5, 0.6) is 0 Å². The van der Waals surface area contributed by atoms with E-state index in [-0.39, 0.29) is 6.61 Å². The van der Waals surface area contributed by atoms with E-state index in [2.05, 4.69) is 31.2 Å². The SMILES string of the molecule is Cc1ccc2c(c1)C(CCO)=CCC2. The third kappa shape index (κ3) is 1.73. The Hall–Kier alpha value is -1.08. The van der Waals surface area contributed by atoms with Gasteiger partial charge in [0.1, 0.15) is 0 Å². The highest BCUT2D eigenvalue weighted by Crippen LogP contribution is 2.29. The normalized spacial score (nSPS) is 14.9. The monoisotopic (exact) mass is 188 g/mol. The lowest BCUT2D eigenvalue weighted by Crippen LogP contribution is -2.01. The van der Waals surface area contributed by atoms with Crippen molar-refractivity contribution >= 4 is 5.57 Å². The summed E-state index contributed by atoms with van der Waals surface area (Å²) in [6.07, 6.45) is 5.31. The van der Waals surface area contributed by atoms with Crippen LogP contribution in [0, 0.1) is 6.92 Å². The van der Waals surface area contributed by atoms with Crippen molar-refractivity contribution in [2.45, 2.75) is 26.2 Å². The minimum atomic E-state index is 0.249. The highest BCUT2D eigenvalue weighted by Gasteiger charge is 2.11.